The standard InChI is InChI=1S/C17H19ClN4O/c1-21-10-9-19-17(21)16(13-5-3-4-6-14(13)18)20-12-7-8-15(23)22(2)11-12/h3-6,9-10,12H,7-8,11H2,1-2H3. The van der Waals surface area contributed by atoms with Gasteiger partial charge >= 0.3 is 0 Å². The number of amides is 1. The molecule has 0 aliphatic carbocycles. The largest absolute Gasteiger partial charge is 0.344 e. The van der Waals surface area contributed by atoms with E-state index in [1.807, 2.05) is 49.1 Å². The van der Waals surface area contributed by atoms with Gasteiger partial charge in [-0.3, -0.25) is 9.79 Å². The molecule has 6 heteroatoms. The number of aromatic nitrogens is 2. The number of nitrogens with zero attached hydrogens (tertiary/aromatic N) is 4. The lowest BCUT2D eigenvalue weighted by atomic mass is 10.0. The maximum Gasteiger partial charge on any atom is 0.222 e. The number of rotatable bonds is 3. The van der Waals surface area contributed by atoms with Gasteiger partial charge in [-0.2, -0.15) is 0 Å². The van der Waals surface area contributed by atoms with Crippen LogP contribution in [0.2, 0.25) is 5.02 Å². The van der Waals surface area contributed by atoms with Gasteiger partial charge in [-0.1, -0.05) is 29.8 Å². The Balaban J connectivity index is 2.03. The van der Waals surface area contributed by atoms with E-state index in [1.165, 1.54) is 0 Å². The van der Waals surface area contributed by atoms with E-state index in [9.17, 15) is 4.79 Å². The second kappa shape index (κ2) is 6.54. The molecule has 23 heavy (non-hydrogen) atoms. The minimum absolute atomic E-state index is 0.0562. The molecule has 1 unspecified atom stereocenters. The molecule has 2 heterocycles. The second-order valence-electron chi connectivity index (χ2n) is 5.79. The molecule has 0 N–H and O–H groups in total. The minimum Gasteiger partial charge on any atom is -0.344 e. The molecule has 1 fully saturated rings. The van der Waals surface area contributed by atoms with Gasteiger partial charge in [-0.05, 0) is 12.5 Å². The van der Waals surface area contributed by atoms with Gasteiger partial charge in [0.2, 0.25) is 5.91 Å². The van der Waals surface area contributed by atoms with E-state index in [0.717, 1.165) is 23.5 Å². The molecule has 0 spiro atoms. The van der Waals surface area contributed by atoms with E-state index in [4.69, 9.17) is 16.6 Å². The van der Waals surface area contributed by atoms with Crippen LogP contribution in [0.1, 0.15) is 24.2 Å². The minimum atomic E-state index is 0.0562. The Kier molecular flexibility index (Phi) is 4.48. The number of hydrogen-bond donors (Lipinski definition) is 0. The predicted octanol–water partition coefficient (Wildman–Crippen LogP) is 2.53. The van der Waals surface area contributed by atoms with E-state index >= 15 is 0 Å². The number of likely N-dealkylation sites (N-methyl/N-ethyl adjacent to an activating group) is 1. The van der Waals surface area contributed by atoms with Crippen LogP contribution in [-0.4, -0.2) is 45.7 Å². The molecular weight excluding hydrogens is 312 g/mol. The maximum atomic E-state index is 11.7. The van der Waals surface area contributed by atoms with Crippen molar-refractivity contribution in [2.24, 2.45) is 12.0 Å². The van der Waals surface area contributed by atoms with Crippen LogP contribution < -0.4 is 0 Å². The number of likely N-dealkylation sites (tertiary alicyclic amines) is 1. The number of carbonyl (C=O) groups excluding carboxylic acids is 1. The van der Waals surface area contributed by atoms with Gasteiger partial charge in [0, 0.05) is 45.0 Å². The van der Waals surface area contributed by atoms with Crippen LogP contribution >= 0.6 is 11.6 Å². The van der Waals surface area contributed by atoms with Crippen molar-refractivity contribution in [2.45, 2.75) is 18.9 Å². The molecule has 1 aromatic heterocycles. The lowest BCUT2D eigenvalue weighted by molar-refractivity contribution is -0.132. The Morgan fingerprint density at radius 2 is 2.13 bits per heavy atom. The van der Waals surface area contributed by atoms with E-state index in [-0.39, 0.29) is 11.9 Å². The van der Waals surface area contributed by atoms with Crippen LogP contribution in [0.4, 0.5) is 0 Å². The van der Waals surface area contributed by atoms with Crippen LogP contribution in [0, 0.1) is 0 Å². The highest BCUT2D eigenvalue weighted by molar-refractivity contribution is 6.35. The number of aliphatic imine (C=N–C) groups is 1. The number of hydrogen-bond acceptors (Lipinski definition) is 3. The number of imidazole rings is 1. The third-order valence-corrected chi connectivity index (χ3v) is 4.41. The number of halogens is 1. The topological polar surface area (TPSA) is 50.5 Å². The smallest absolute Gasteiger partial charge is 0.222 e. The number of benzene rings is 1. The van der Waals surface area contributed by atoms with Crippen LogP contribution in [0.3, 0.4) is 0 Å². The average Bonchev–Trinajstić information content (AvgIpc) is 2.95. The van der Waals surface area contributed by atoms with Gasteiger partial charge in [0.15, 0.2) is 5.82 Å². The summed E-state index contributed by atoms with van der Waals surface area (Å²) in [6, 6.07) is 7.70. The quantitative estimate of drug-likeness (QED) is 0.812. The van der Waals surface area contributed by atoms with Gasteiger partial charge in [-0.15, -0.1) is 0 Å². The summed E-state index contributed by atoms with van der Waals surface area (Å²) in [6.45, 7) is 0.622. The van der Waals surface area contributed by atoms with Crippen LogP contribution in [0.5, 0.6) is 0 Å². The molecule has 1 aromatic carbocycles. The highest BCUT2D eigenvalue weighted by Gasteiger charge is 2.24. The molecule has 120 valence electrons. The molecule has 0 radical (unpaired) electrons. The van der Waals surface area contributed by atoms with Gasteiger partial charge in [0.05, 0.1) is 11.1 Å². The van der Waals surface area contributed by atoms with Crippen molar-refractivity contribution in [3.8, 4) is 0 Å². The SMILES string of the molecule is CN1CC(N=C(c2ccccc2Cl)c2nccn2C)CCC1=O. The van der Waals surface area contributed by atoms with Crippen molar-refractivity contribution >= 4 is 23.2 Å². The van der Waals surface area contributed by atoms with Gasteiger partial charge in [-0.25, -0.2) is 4.98 Å². The van der Waals surface area contributed by atoms with E-state index in [0.29, 0.717) is 18.0 Å². The number of piperidine rings is 1. The summed E-state index contributed by atoms with van der Waals surface area (Å²) in [5, 5.41) is 0.648. The first-order valence-electron chi connectivity index (χ1n) is 7.60. The zero-order valence-corrected chi connectivity index (χ0v) is 14.0. The van der Waals surface area contributed by atoms with Crippen molar-refractivity contribution in [3.63, 3.8) is 0 Å². The summed E-state index contributed by atoms with van der Waals surface area (Å²) >= 11 is 6.38. The van der Waals surface area contributed by atoms with Gasteiger partial charge in [0.25, 0.3) is 0 Å². The number of aryl methyl sites for hydroxylation is 1. The van der Waals surface area contributed by atoms with Crippen LogP contribution in [0.25, 0.3) is 0 Å². The Morgan fingerprint density at radius 3 is 2.78 bits per heavy atom. The predicted molar refractivity (Wildman–Crippen MR) is 91.0 cm³/mol. The zero-order chi connectivity index (χ0) is 16.4. The molecule has 0 saturated carbocycles. The Morgan fingerprint density at radius 1 is 1.35 bits per heavy atom. The molecule has 2 aromatic rings. The molecule has 3 rings (SSSR count). The fraction of sp³-hybridized carbons (Fsp3) is 0.353. The fourth-order valence-electron chi connectivity index (χ4n) is 2.77. The summed E-state index contributed by atoms with van der Waals surface area (Å²) in [5.74, 6) is 0.949. The van der Waals surface area contributed by atoms with Crippen LogP contribution in [-0.2, 0) is 11.8 Å². The molecule has 5 nitrogen and oxygen atoms in total. The molecule has 0 bridgehead atoms. The van der Waals surface area contributed by atoms with E-state index in [2.05, 4.69) is 4.98 Å². The average molecular weight is 331 g/mol. The Labute approximate surface area is 140 Å². The van der Waals surface area contributed by atoms with Gasteiger partial charge in [0.1, 0.15) is 5.71 Å². The highest BCUT2D eigenvalue weighted by atomic mass is 35.5. The molecule has 1 amide bonds. The second-order valence-corrected chi connectivity index (χ2v) is 6.19. The number of carbonyl (C=O) groups is 1. The first-order valence-corrected chi connectivity index (χ1v) is 7.98. The normalized spacial score (nSPS) is 19.3. The molecule has 1 aliphatic rings. The highest BCUT2D eigenvalue weighted by Crippen LogP contribution is 2.22. The maximum absolute atomic E-state index is 11.7. The summed E-state index contributed by atoms with van der Waals surface area (Å²) in [6.07, 6.45) is 4.92. The summed E-state index contributed by atoms with van der Waals surface area (Å²) in [5.41, 5.74) is 1.64. The van der Waals surface area contributed by atoms with Crippen molar-refractivity contribution in [3.05, 3.63) is 53.1 Å². The molecule has 1 aliphatic heterocycles. The third-order valence-electron chi connectivity index (χ3n) is 4.08. The first-order chi connectivity index (χ1) is 11.1. The summed E-state index contributed by atoms with van der Waals surface area (Å²) in [7, 11) is 3.76. The monoisotopic (exact) mass is 330 g/mol. The van der Waals surface area contributed by atoms with Crippen molar-refractivity contribution in [2.75, 3.05) is 13.6 Å². The Hall–Kier alpha value is -2.14. The zero-order valence-electron chi connectivity index (χ0n) is 13.2. The molecule has 1 saturated heterocycles. The first kappa shape index (κ1) is 15.7. The molecular formula is C17H19ClN4O. The van der Waals surface area contributed by atoms with E-state index < -0.39 is 0 Å². The van der Waals surface area contributed by atoms with E-state index in [1.54, 1.807) is 11.1 Å². The summed E-state index contributed by atoms with van der Waals surface area (Å²) < 4.78 is 1.93. The van der Waals surface area contributed by atoms with Crippen LogP contribution in [0.15, 0.2) is 41.7 Å². The third kappa shape index (κ3) is 3.29. The van der Waals surface area contributed by atoms with Crippen molar-refractivity contribution < 1.29 is 4.79 Å². The van der Waals surface area contributed by atoms with Gasteiger partial charge < -0.3 is 9.47 Å². The van der Waals surface area contributed by atoms with Crippen molar-refractivity contribution in [1.82, 2.24) is 14.5 Å². The molecule has 1 atom stereocenters. The fourth-order valence-corrected chi connectivity index (χ4v) is 3.00. The summed E-state index contributed by atoms with van der Waals surface area (Å²) in [4.78, 5) is 22.7. The lowest BCUT2D eigenvalue weighted by Crippen LogP contribution is -2.39. The van der Waals surface area contributed by atoms with Crippen molar-refractivity contribution in [1.29, 1.82) is 0 Å². The lowest BCUT2D eigenvalue weighted by Gasteiger charge is -2.27. The Bertz CT molecular complexity index is 753.